The molecule has 4 heteroatoms. The molecule has 2 N–H and O–H groups in total. The van der Waals surface area contributed by atoms with Crippen LogP contribution in [-0.4, -0.2) is 24.9 Å². The van der Waals surface area contributed by atoms with Gasteiger partial charge in [0.05, 0.1) is 6.42 Å². The number of carbonyl (C=O) groups is 2. The average Bonchev–Trinajstić information content (AvgIpc) is 2.38. The molecule has 1 atom stereocenters. The number of rotatable bonds is 5. The molecule has 0 bridgehead atoms. The average molecular weight is 248 g/mol. The van der Waals surface area contributed by atoms with E-state index < -0.39 is 6.04 Å². The monoisotopic (exact) mass is 248 g/mol. The summed E-state index contributed by atoms with van der Waals surface area (Å²) in [6.07, 6.45) is 1.28. The molecule has 0 fully saturated rings. The molecule has 1 aromatic carbocycles. The summed E-state index contributed by atoms with van der Waals surface area (Å²) in [5, 5.41) is 5.15. The first kappa shape index (κ1) is 14.2. The maximum absolute atomic E-state index is 11.7. The Morgan fingerprint density at radius 3 is 2.22 bits per heavy atom. The number of nitrogens with one attached hydrogen (secondary N) is 2. The summed E-state index contributed by atoms with van der Waals surface area (Å²) in [5.41, 5.74) is 2.20. The first-order valence-corrected chi connectivity index (χ1v) is 6.15. The Balaban J connectivity index is 2.51. The van der Waals surface area contributed by atoms with Gasteiger partial charge >= 0.3 is 0 Å². The maximum Gasteiger partial charge on any atom is 0.242 e. The van der Waals surface area contributed by atoms with E-state index in [1.165, 1.54) is 5.56 Å². The number of amides is 2. The Hall–Kier alpha value is -1.84. The third-order valence-corrected chi connectivity index (χ3v) is 2.81. The lowest BCUT2D eigenvalue weighted by molar-refractivity contribution is -0.128. The maximum atomic E-state index is 11.7. The standard InChI is InChI=1S/C14H20N2O2/c1-4-11-5-7-12(8-6-11)9-13(17)16-10(2)14(18)15-3/h5-8,10H,4,9H2,1-3H3,(H,15,18)(H,16,17). The summed E-state index contributed by atoms with van der Waals surface area (Å²) >= 11 is 0. The molecule has 0 aromatic heterocycles. The van der Waals surface area contributed by atoms with Gasteiger partial charge in [-0.3, -0.25) is 9.59 Å². The zero-order valence-corrected chi connectivity index (χ0v) is 11.1. The Bertz CT molecular complexity index is 412. The number of likely N-dealkylation sites (N-methyl/N-ethyl adjacent to an activating group) is 1. The Labute approximate surface area is 108 Å². The second kappa shape index (κ2) is 6.79. The topological polar surface area (TPSA) is 58.2 Å². The Morgan fingerprint density at radius 2 is 1.72 bits per heavy atom. The van der Waals surface area contributed by atoms with E-state index in [9.17, 15) is 9.59 Å². The molecule has 98 valence electrons. The fourth-order valence-corrected chi connectivity index (χ4v) is 1.65. The quantitative estimate of drug-likeness (QED) is 0.818. The second-order valence-electron chi connectivity index (χ2n) is 4.25. The first-order valence-electron chi connectivity index (χ1n) is 6.15. The van der Waals surface area contributed by atoms with Crippen LogP contribution in [0, 0.1) is 0 Å². The van der Waals surface area contributed by atoms with E-state index in [1.54, 1.807) is 14.0 Å². The van der Waals surface area contributed by atoms with Crippen molar-refractivity contribution in [1.82, 2.24) is 10.6 Å². The van der Waals surface area contributed by atoms with Gasteiger partial charge in [0.25, 0.3) is 0 Å². The lowest BCUT2D eigenvalue weighted by atomic mass is 10.1. The highest BCUT2D eigenvalue weighted by Gasteiger charge is 2.13. The fourth-order valence-electron chi connectivity index (χ4n) is 1.65. The summed E-state index contributed by atoms with van der Waals surface area (Å²) in [6, 6.07) is 7.43. The van der Waals surface area contributed by atoms with E-state index >= 15 is 0 Å². The summed E-state index contributed by atoms with van der Waals surface area (Å²) in [5.74, 6) is -0.333. The summed E-state index contributed by atoms with van der Waals surface area (Å²) < 4.78 is 0. The molecule has 0 aliphatic heterocycles. The molecule has 18 heavy (non-hydrogen) atoms. The van der Waals surface area contributed by atoms with Crippen molar-refractivity contribution in [2.24, 2.45) is 0 Å². The summed E-state index contributed by atoms with van der Waals surface area (Å²) in [4.78, 5) is 23.0. The molecule has 0 radical (unpaired) electrons. The van der Waals surface area contributed by atoms with Gasteiger partial charge in [0.2, 0.25) is 11.8 Å². The SMILES string of the molecule is CCc1ccc(CC(=O)NC(C)C(=O)NC)cc1. The molecule has 4 nitrogen and oxygen atoms in total. The predicted molar refractivity (Wildman–Crippen MR) is 71.2 cm³/mol. The van der Waals surface area contributed by atoms with Gasteiger partial charge in [0.1, 0.15) is 6.04 Å². The van der Waals surface area contributed by atoms with Gasteiger partial charge in [-0.15, -0.1) is 0 Å². The van der Waals surface area contributed by atoms with Crippen molar-refractivity contribution in [3.8, 4) is 0 Å². The Kier molecular flexibility index (Phi) is 5.36. The highest BCUT2D eigenvalue weighted by atomic mass is 16.2. The number of hydrogen-bond acceptors (Lipinski definition) is 2. The van der Waals surface area contributed by atoms with Gasteiger partial charge in [-0.1, -0.05) is 31.2 Å². The van der Waals surface area contributed by atoms with Crippen LogP contribution in [0.5, 0.6) is 0 Å². The van der Waals surface area contributed by atoms with E-state index in [4.69, 9.17) is 0 Å². The minimum absolute atomic E-state index is 0.143. The van der Waals surface area contributed by atoms with Crippen molar-refractivity contribution < 1.29 is 9.59 Å². The van der Waals surface area contributed by atoms with Crippen LogP contribution < -0.4 is 10.6 Å². The van der Waals surface area contributed by atoms with E-state index in [0.717, 1.165) is 12.0 Å². The smallest absolute Gasteiger partial charge is 0.242 e. The molecular formula is C14H20N2O2. The van der Waals surface area contributed by atoms with Gasteiger partial charge in [-0.2, -0.15) is 0 Å². The minimum Gasteiger partial charge on any atom is -0.357 e. The molecule has 0 heterocycles. The third-order valence-electron chi connectivity index (χ3n) is 2.81. The molecule has 1 unspecified atom stereocenters. The van der Waals surface area contributed by atoms with E-state index in [2.05, 4.69) is 17.6 Å². The molecule has 1 rings (SSSR count). The minimum atomic E-state index is -0.502. The fraction of sp³-hybridized carbons (Fsp3) is 0.429. The summed E-state index contributed by atoms with van der Waals surface area (Å²) in [7, 11) is 1.55. The number of hydrogen-bond donors (Lipinski definition) is 2. The van der Waals surface area contributed by atoms with E-state index in [1.807, 2.05) is 24.3 Å². The highest BCUT2D eigenvalue weighted by Crippen LogP contribution is 2.05. The zero-order chi connectivity index (χ0) is 13.5. The lowest BCUT2D eigenvalue weighted by Gasteiger charge is -2.12. The highest BCUT2D eigenvalue weighted by molar-refractivity contribution is 5.87. The first-order chi connectivity index (χ1) is 8.56. The van der Waals surface area contributed by atoms with Gasteiger partial charge in [0.15, 0.2) is 0 Å². The third kappa shape index (κ3) is 4.20. The predicted octanol–water partition coefficient (Wildman–Crippen LogP) is 1.04. The number of benzene rings is 1. The zero-order valence-electron chi connectivity index (χ0n) is 11.1. The van der Waals surface area contributed by atoms with Gasteiger partial charge in [0, 0.05) is 7.05 Å². The molecular weight excluding hydrogens is 228 g/mol. The van der Waals surface area contributed by atoms with Crippen molar-refractivity contribution in [2.75, 3.05) is 7.05 Å². The largest absolute Gasteiger partial charge is 0.357 e. The number of aryl methyl sites for hydroxylation is 1. The van der Waals surface area contributed by atoms with Gasteiger partial charge < -0.3 is 10.6 Å². The van der Waals surface area contributed by atoms with Crippen molar-refractivity contribution in [2.45, 2.75) is 32.7 Å². The molecule has 0 saturated carbocycles. The van der Waals surface area contributed by atoms with Gasteiger partial charge in [-0.25, -0.2) is 0 Å². The molecule has 1 aromatic rings. The van der Waals surface area contributed by atoms with E-state index in [-0.39, 0.29) is 11.8 Å². The summed E-state index contributed by atoms with van der Waals surface area (Å²) in [6.45, 7) is 3.75. The van der Waals surface area contributed by atoms with Crippen LogP contribution in [0.2, 0.25) is 0 Å². The molecule has 2 amide bonds. The molecule has 0 aliphatic rings. The van der Waals surface area contributed by atoms with Crippen molar-refractivity contribution >= 4 is 11.8 Å². The van der Waals surface area contributed by atoms with Crippen LogP contribution in [0.3, 0.4) is 0 Å². The van der Waals surface area contributed by atoms with Crippen LogP contribution in [-0.2, 0) is 22.4 Å². The van der Waals surface area contributed by atoms with Crippen LogP contribution in [0.15, 0.2) is 24.3 Å². The van der Waals surface area contributed by atoms with Crippen LogP contribution in [0.25, 0.3) is 0 Å². The molecule has 0 spiro atoms. The normalized spacial score (nSPS) is 11.7. The van der Waals surface area contributed by atoms with Crippen LogP contribution in [0.4, 0.5) is 0 Å². The van der Waals surface area contributed by atoms with Crippen LogP contribution >= 0.6 is 0 Å². The second-order valence-corrected chi connectivity index (χ2v) is 4.25. The van der Waals surface area contributed by atoms with Crippen molar-refractivity contribution in [3.63, 3.8) is 0 Å². The molecule has 0 aliphatic carbocycles. The molecule has 0 saturated heterocycles. The number of carbonyl (C=O) groups excluding carboxylic acids is 2. The van der Waals surface area contributed by atoms with Gasteiger partial charge in [-0.05, 0) is 24.5 Å². The van der Waals surface area contributed by atoms with E-state index in [0.29, 0.717) is 6.42 Å². The van der Waals surface area contributed by atoms with Crippen molar-refractivity contribution in [3.05, 3.63) is 35.4 Å². The Morgan fingerprint density at radius 1 is 1.17 bits per heavy atom. The van der Waals surface area contributed by atoms with Crippen molar-refractivity contribution in [1.29, 1.82) is 0 Å². The van der Waals surface area contributed by atoms with Crippen LogP contribution in [0.1, 0.15) is 25.0 Å². The lowest BCUT2D eigenvalue weighted by Crippen LogP contribution is -2.44.